The van der Waals surface area contributed by atoms with Crippen LogP contribution in [-0.2, 0) is 0 Å². The Morgan fingerprint density at radius 1 is 1.44 bits per heavy atom. The van der Waals surface area contributed by atoms with Gasteiger partial charge >= 0.3 is 0 Å². The normalized spacial score (nSPS) is 25.3. The van der Waals surface area contributed by atoms with Gasteiger partial charge in [0.05, 0.1) is 0 Å². The van der Waals surface area contributed by atoms with Crippen molar-refractivity contribution in [2.75, 3.05) is 6.54 Å². The molecule has 1 fully saturated rings. The fraction of sp³-hybridized carbons (Fsp3) is 0.917. The minimum atomic E-state index is -0.0376. The summed E-state index contributed by atoms with van der Waals surface area (Å²) in [6, 6.07) is 0. The van der Waals surface area contributed by atoms with E-state index in [2.05, 4.69) is 43.4 Å². The van der Waals surface area contributed by atoms with Crippen molar-refractivity contribution in [1.82, 2.24) is 15.8 Å². The monoisotopic (exact) mass is 243 g/mol. The van der Waals surface area contributed by atoms with Crippen molar-refractivity contribution in [3.8, 4) is 0 Å². The molecule has 0 aromatic carbocycles. The van der Waals surface area contributed by atoms with Crippen molar-refractivity contribution in [3.05, 3.63) is 0 Å². The highest BCUT2D eigenvalue weighted by atomic mass is 32.1. The van der Waals surface area contributed by atoms with E-state index in [0.29, 0.717) is 5.92 Å². The lowest BCUT2D eigenvalue weighted by Crippen LogP contribution is -2.48. The Bertz CT molecular complexity index is 242. The van der Waals surface area contributed by atoms with Gasteiger partial charge in [-0.05, 0) is 44.3 Å². The highest BCUT2D eigenvalue weighted by Crippen LogP contribution is 2.17. The molecule has 1 saturated heterocycles. The van der Waals surface area contributed by atoms with Crippen LogP contribution in [0.1, 0.15) is 53.4 Å². The molecule has 4 heteroatoms. The van der Waals surface area contributed by atoms with Crippen molar-refractivity contribution in [1.29, 1.82) is 0 Å². The first kappa shape index (κ1) is 13.7. The molecule has 0 aliphatic carbocycles. The van der Waals surface area contributed by atoms with E-state index in [1.807, 2.05) is 0 Å². The summed E-state index contributed by atoms with van der Waals surface area (Å²) in [5.41, 5.74) is 3.45. The standard InChI is InChI=1S/C12H25N3S/c1-5-6-8-12(4)13-11(16)15(14-12)9-7-10(2)3/h10,14H,5-9H2,1-4H3,(H,13,16)/t12-/m0/s1. The van der Waals surface area contributed by atoms with Crippen LogP contribution in [0.15, 0.2) is 0 Å². The molecule has 0 saturated carbocycles. The van der Waals surface area contributed by atoms with E-state index < -0.39 is 0 Å². The Hall–Kier alpha value is -0.350. The molecule has 16 heavy (non-hydrogen) atoms. The molecule has 0 bridgehead atoms. The fourth-order valence-electron chi connectivity index (χ4n) is 1.87. The second-order valence-electron chi connectivity index (χ2n) is 5.31. The summed E-state index contributed by atoms with van der Waals surface area (Å²) in [7, 11) is 0. The van der Waals surface area contributed by atoms with E-state index in [0.717, 1.165) is 18.1 Å². The van der Waals surface area contributed by atoms with Crippen molar-refractivity contribution >= 4 is 17.3 Å². The molecule has 2 N–H and O–H groups in total. The van der Waals surface area contributed by atoms with Gasteiger partial charge < -0.3 is 5.32 Å². The molecule has 0 aromatic heterocycles. The molecule has 1 heterocycles. The van der Waals surface area contributed by atoms with Crippen molar-refractivity contribution in [3.63, 3.8) is 0 Å². The summed E-state index contributed by atoms with van der Waals surface area (Å²) in [4.78, 5) is 0. The van der Waals surface area contributed by atoms with Gasteiger partial charge in [-0.25, -0.2) is 5.43 Å². The van der Waals surface area contributed by atoms with Gasteiger partial charge in [0.1, 0.15) is 5.66 Å². The molecule has 0 unspecified atom stereocenters. The third-order valence-corrected chi connectivity index (χ3v) is 3.29. The second kappa shape index (κ2) is 5.82. The van der Waals surface area contributed by atoms with Gasteiger partial charge in [0, 0.05) is 6.54 Å². The third-order valence-electron chi connectivity index (χ3n) is 2.97. The molecule has 0 aromatic rings. The van der Waals surface area contributed by atoms with Crippen molar-refractivity contribution < 1.29 is 0 Å². The average Bonchev–Trinajstić information content (AvgIpc) is 2.49. The molecular weight excluding hydrogens is 218 g/mol. The zero-order chi connectivity index (χ0) is 12.2. The lowest BCUT2D eigenvalue weighted by atomic mass is 10.1. The number of unbranched alkanes of at least 4 members (excludes halogenated alkanes) is 1. The van der Waals surface area contributed by atoms with E-state index in [-0.39, 0.29) is 5.66 Å². The summed E-state index contributed by atoms with van der Waals surface area (Å²) < 4.78 is 0. The number of hydrazine groups is 1. The average molecular weight is 243 g/mol. The lowest BCUT2D eigenvalue weighted by molar-refractivity contribution is 0.211. The van der Waals surface area contributed by atoms with E-state index in [4.69, 9.17) is 12.2 Å². The summed E-state index contributed by atoms with van der Waals surface area (Å²) >= 11 is 5.34. The molecule has 1 aliphatic rings. The number of nitrogens with zero attached hydrogens (tertiary/aromatic N) is 1. The Morgan fingerprint density at radius 2 is 2.12 bits per heavy atom. The van der Waals surface area contributed by atoms with Crippen LogP contribution in [-0.4, -0.2) is 22.3 Å². The molecule has 0 spiro atoms. The largest absolute Gasteiger partial charge is 0.342 e. The smallest absolute Gasteiger partial charge is 0.185 e. The first-order valence-electron chi connectivity index (χ1n) is 6.34. The van der Waals surface area contributed by atoms with E-state index in [9.17, 15) is 0 Å². The third kappa shape index (κ3) is 3.91. The minimum Gasteiger partial charge on any atom is -0.342 e. The quantitative estimate of drug-likeness (QED) is 0.701. The maximum atomic E-state index is 5.34. The molecule has 1 rings (SSSR count). The van der Waals surface area contributed by atoms with Crippen LogP contribution in [0.5, 0.6) is 0 Å². The summed E-state index contributed by atoms with van der Waals surface area (Å²) in [5.74, 6) is 0.715. The molecule has 0 amide bonds. The van der Waals surface area contributed by atoms with Crippen molar-refractivity contribution in [2.24, 2.45) is 5.92 Å². The maximum absolute atomic E-state index is 5.34. The van der Waals surface area contributed by atoms with E-state index >= 15 is 0 Å². The van der Waals surface area contributed by atoms with E-state index in [1.54, 1.807) is 0 Å². The first-order chi connectivity index (χ1) is 7.47. The first-order valence-corrected chi connectivity index (χ1v) is 6.75. The Morgan fingerprint density at radius 3 is 2.69 bits per heavy atom. The van der Waals surface area contributed by atoms with Crippen LogP contribution in [0.4, 0.5) is 0 Å². The summed E-state index contributed by atoms with van der Waals surface area (Å²) in [6.45, 7) is 9.87. The van der Waals surface area contributed by atoms with Crippen LogP contribution in [0.2, 0.25) is 0 Å². The van der Waals surface area contributed by atoms with Gasteiger partial charge in [-0.3, -0.25) is 5.01 Å². The van der Waals surface area contributed by atoms with Crippen LogP contribution < -0.4 is 10.7 Å². The molecule has 1 aliphatic heterocycles. The van der Waals surface area contributed by atoms with Gasteiger partial charge in [0.2, 0.25) is 0 Å². The Labute approximate surface area is 105 Å². The van der Waals surface area contributed by atoms with Crippen molar-refractivity contribution in [2.45, 2.75) is 59.0 Å². The predicted molar refractivity (Wildman–Crippen MR) is 73.0 cm³/mol. The zero-order valence-corrected chi connectivity index (χ0v) is 11.8. The van der Waals surface area contributed by atoms with Crippen LogP contribution in [0.25, 0.3) is 0 Å². The summed E-state index contributed by atoms with van der Waals surface area (Å²) in [6.07, 6.45) is 4.72. The van der Waals surface area contributed by atoms with E-state index in [1.165, 1.54) is 19.3 Å². The number of hydrogen-bond donors (Lipinski definition) is 2. The number of hydrogen-bond acceptors (Lipinski definition) is 2. The van der Waals surface area contributed by atoms with Gasteiger partial charge in [-0.2, -0.15) is 0 Å². The Balaban J connectivity index is 2.42. The molecule has 94 valence electrons. The molecule has 0 radical (unpaired) electrons. The van der Waals surface area contributed by atoms with Gasteiger partial charge in [-0.1, -0.05) is 27.2 Å². The number of nitrogens with one attached hydrogen (secondary N) is 2. The SMILES string of the molecule is CCCC[C@@]1(C)NC(=S)N(CCC(C)C)N1. The van der Waals surface area contributed by atoms with Crippen LogP contribution >= 0.6 is 12.2 Å². The maximum Gasteiger partial charge on any atom is 0.185 e. The predicted octanol–water partition coefficient (Wildman–Crippen LogP) is 2.63. The summed E-state index contributed by atoms with van der Waals surface area (Å²) in [5, 5.41) is 6.32. The van der Waals surface area contributed by atoms with Gasteiger partial charge in [0.15, 0.2) is 5.11 Å². The topological polar surface area (TPSA) is 27.3 Å². The molecular formula is C12H25N3S. The lowest BCUT2D eigenvalue weighted by Gasteiger charge is -2.25. The highest BCUT2D eigenvalue weighted by Gasteiger charge is 2.34. The van der Waals surface area contributed by atoms with Crippen LogP contribution in [0, 0.1) is 5.92 Å². The minimum absolute atomic E-state index is 0.0376. The highest BCUT2D eigenvalue weighted by molar-refractivity contribution is 7.80. The number of thiocarbonyl (C=S) groups is 1. The molecule has 3 nitrogen and oxygen atoms in total. The van der Waals surface area contributed by atoms with Gasteiger partial charge in [0.25, 0.3) is 0 Å². The number of rotatable bonds is 6. The second-order valence-corrected chi connectivity index (χ2v) is 5.70. The molecule has 1 atom stereocenters. The Kier molecular flexibility index (Phi) is 4.99. The fourth-order valence-corrected chi connectivity index (χ4v) is 2.24. The van der Waals surface area contributed by atoms with Gasteiger partial charge in [-0.15, -0.1) is 0 Å². The van der Waals surface area contributed by atoms with Crippen LogP contribution in [0.3, 0.4) is 0 Å². The zero-order valence-electron chi connectivity index (χ0n) is 11.0.